The molecule has 6 fully saturated rings. The third-order valence-electron chi connectivity index (χ3n) is 15.1. The summed E-state index contributed by atoms with van der Waals surface area (Å²) in [5.41, 5.74) is 6.44. The fourth-order valence-electron chi connectivity index (χ4n) is 12.0. The smallest absolute Gasteiger partial charge is 0.334 e. The first-order chi connectivity index (χ1) is 28.0. The molecule has 5 saturated heterocycles. The van der Waals surface area contributed by atoms with E-state index in [2.05, 4.69) is 21.6 Å². The van der Waals surface area contributed by atoms with Crippen molar-refractivity contribution in [1.29, 1.82) is 0 Å². The van der Waals surface area contributed by atoms with E-state index in [0.717, 1.165) is 31.0 Å². The van der Waals surface area contributed by atoms with Crippen LogP contribution in [0.1, 0.15) is 84.5 Å². The van der Waals surface area contributed by atoms with Crippen molar-refractivity contribution in [2.24, 2.45) is 53.1 Å². The van der Waals surface area contributed by atoms with Crippen molar-refractivity contribution in [2.75, 3.05) is 58.0 Å². The second kappa shape index (κ2) is 19.1. The number of rotatable bonds is 12. The van der Waals surface area contributed by atoms with Crippen molar-refractivity contribution in [3.8, 4) is 0 Å². The number of hydrogen-bond donors (Lipinski definition) is 6. The Hall–Kier alpha value is -1.69. The predicted molar refractivity (Wildman–Crippen MR) is 224 cm³/mol. The van der Waals surface area contributed by atoms with Crippen LogP contribution in [0, 0.1) is 47.3 Å². The van der Waals surface area contributed by atoms with Crippen LogP contribution in [0.5, 0.6) is 0 Å². The van der Waals surface area contributed by atoms with Gasteiger partial charge in [-0.25, -0.2) is 4.79 Å². The minimum Gasteiger partial charge on any atom is -0.462 e. The summed E-state index contributed by atoms with van der Waals surface area (Å²) in [6.07, 6.45) is 9.44. The molecule has 13 nitrogen and oxygen atoms in total. The van der Waals surface area contributed by atoms with Gasteiger partial charge in [0.15, 0.2) is 0 Å². The molecule has 1 saturated carbocycles. The molecule has 1 amide bonds. The lowest BCUT2D eigenvalue weighted by Crippen LogP contribution is -2.66. The number of nitrogens with two attached hydrogens (primary N) is 1. The summed E-state index contributed by atoms with van der Waals surface area (Å²) in [5.74, 6) is 1.25. The third-order valence-corrected chi connectivity index (χ3v) is 17.5. The molecule has 2 aliphatic carbocycles. The van der Waals surface area contributed by atoms with Crippen molar-refractivity contribution in [3.63, 3.8) is 0 Å². The molecule has 7 aliphatic rings. The highest BCUT2D eigenvalue weighted by Crippen LogP contribution is 2.62. The number of aliphatic hydroxyl groups is 3. The van der Waals surface area contributed by atoms with Crippen LogP contribution in [-0.4, -0.2) is 132 Å². The first-order valence-corrected chi connectivity index (χ1v) is 24.4. The van der Waals surface area contributed by atoms with E-state index < -0.39 is 17.2 Å². The standard InChI is InChI=1S/C43H68N4O9S2/c1-4-26(8-11-49)41(53)56-42(2)9-7-27-23-57-58-24-34-32(19-45-3)21-47(34)38(51)15-31-20-46-37(44)16-33(31)39(27)43(42)18-30-14-28-13-29(12-25(22-50)6-5-10-48)40(52)54-35(28)17-36(30)55-43/h4,7,25,28-37,39,45-46,48-50H,5-6,8-24,44H2,1-3H3. The molecular formula is C43H68N4O9S2. The normalized spacial score (nSPS) is 40.9. The van der Waals surface area contributed by atoms with Crippen molar-refractivity contribution in [3.05, 3.63) is 23.3 Å². The maximum absolute atomic E-state index is 14.3. The Morgan fingerprint density at radius 2 is 1.97 bits per heavy atom. The number of esters is 2. The summed E-state index contributed by atoms with van der Waals surface area (Å²) in [4.78, 5) is 43.9. The number of allylic oxidation sites excluding steroid dienone is 1. The molecule has 58 heavy (non-hydrogen) atoms. The number of carbonyl (C=O) groups excluding carboxylic acids is 3. The van der Waals surface area contributed by atoms with Crippen LogP contribution in [0.2, 0.25) is 0 Å². The highest BCUT2D eigenvalue weighted by atomic mass is 33.1. The SMILES string of the molecule is CC=C(CCO)C(=O)OC1(C)CC=C2CSSCC3C(CNC)CN3C(=O)CC3CNC(N)CC3C2C12CC1CC3CC(CC(CO)CCCO)C(=O)OC3CC1O2. The van der Waals surface area contributed by atoms with Gasteiger partial charge in [-0.15, -0.1) is 0 Å². The number of fused-ring (bicyclic) bond motifs is 7. The Bertz CT molecular complexity index is 1550. The van der Waals surface area contributed by atoms with E-state index in [-0.39, 0.29) is 104 Å². The predicted octanol–water partition coefficient (Wildman–Crippen LogP) is 3.16. The molecule has 0 aromatic carbocycles. The highest BCUT2D eigenvalue weighted by molar-refractivity contribution is 8.76. The molecule has 0 aromatic rings. The molecule has 326 valence electrons. The van der Waals surface area contributed by atoms with Gasteiger partial charge < -0.3 is 50.8 Å². The van der Waals surface area contributed by atoms with Gasteiger partial charge in [0, 0.05) is 100 Å². The highest BCUT2D eigenvalue weighted by Gasteiger charge is 2.68. The number of nitrogens with zero attached hydrogens (tertiary/aromatic N) is 1. The molecule has 0 radical (unpaired) electrons. The number of hydrogen-bond acceptors (Lipinski definition) is 14. The first-order valence-electron chi connectivity index (χ1n) is 21.9. The van der Waals surface area contributed by atoms with Gasteiger partial charge in [0.05, 0.1) is 18.2 Å². The summed E-state index contributed by atoms with van der Waals surface area (Å²) in [7, 11) is 5.63. The van der Waals surface area contributed by atoms with Crippen LogP contribution >= 0.6 is 21.6 Å². The quantitative estimate of drug-likeness (QED) is 0.0727. The molecule has 5 heterocycles. The Labute approximate surface area is 352 Å². The topological polar surface area (TPSA) is 193 Å². The van der Waals surface area contributed by atoms with Gasteiger partial charge in [0.2, 0.25) is 5.91 Å². The van der Waals surface area contributed by atoms with Crippen molar-refractivity contribution >= 4 is 39.4 Å². The first kappa shape index (κ1) is 44.4. The molecule has 5 aliphatic heterocycles. The zero-order valence-electron chi connectivity index (χ0n) is 34.7. The van der Waals surface area contributed by atoms with Crippen LogP contribution in [0.25, 0.3) is 0 Å². The van der Waals surface area contributed by atoms with Crippen LogP contribution < -0.4 is 16.4 Å². The van der Waals surface area contributed by atoms with Crippen LogP contribution in [0.3, 0.4) is 0 Å². The average molecular weight is 849 g/mol. The lowest BCUT2D eigenvalue weighted by atomic mass is 9.56. The monoisotopic (exact) mass is 848 g/mol. The van der Waals surface area contributed by atoms with Crippen LogP contribution in [0.15, 0.2) is 23.3 Å². The summed E-state index contributed by atoms with van der Waals surface area (Å²) in [6, 6.07) is 0.202. The van der Waals surface area contributed by atoms with Gasteiger partial charge in [0.1, 0.15) is 17.3 Å². The van der Waals surface area contributed by atoms with Gasteiger partial charge in [0.25, 0.3) is 0 Å². The van der Waals surface area contributed by atoms with E-state index in [1.165, 1.54) is 5.57 Å². The molecule has 0 bridgehead atoms. The lowest BCUT2D eigenvalue weighted by molar-refractivity contribution is -0.230. The van der Waals surface area contributed by atoms with Gasteiger partial charge in [-0.05, 0) is 95.4 Å². The molecule has 7 rings (SSSR count). The summed E-state index contributed by atoms with van der Waals surface area (Å²) >= 11 is 0. The molecule has 14 unspecified atom stereocenters. The van der Waals surface area contributed by atoms with Crippen molar-refractivity contribution in [1.82, 2.24) is 15.5 Å². The zero-order valence-corrected chi connectivity index (χ0v) is 36.3. The minimum atomic E-state index is -1.08. The lowest BCUT2D eigenvalue weighted by Gasteiger charge is -2.57. The molecule has 7 N–H and O–H groups in total. The zero-order chi connectivity index (χ0) is 41.2. The fourth-order valence-corrected chi connectivity index (χ4v) is 14.6. The molecule has 15 heteroatoms. The Morgan fingerprint density at radius 1 is 1.14 bits per heavy atom. The second-order valence-corrected chi connectivity index (χ2v) is 21.0. The molecule has 1 spiro atoms. The maximum Gasteiger partial charge on any atom is 0.334 e. The van der Waals surface area contributed by atoms with Crippen molar-refractivity contribution in [2.45, 2.75) is 120 Å². The number of aliphatic hydroxyl groups excluding tert-OH is 3. The number of ether oxygens (including phenoxy) is 3. The van der Waals surface area contributed by atoms with E-state index in [0.29, 0.717) is 75.8 Å². The Kier molecular flexibility index (Phi) is 14.6. The van der Waals surface area contributed by atoms with E-state index >= 15 is 0 Å². The Morgan fingerprint density at radius 3 is 2.71 bits per heavy atom. The summed E-state index contributed by atoms with van der Waals surface area (Å²) in [5, 5.41) is 36.1. The molecular weight excluding hydrogens is 781 g/mol. The third kappa shape index (κ3) is 8.82. The summed E-state index contributed by atoms with van der Waals surface area (Å²) in [6.45, 7) is 5.93. The molecule has 14 atom stereocenters. The van der Waals surface area contributed by atoms with Crippen LogP contribution in [0.4, 0.5) is 0 Å². The maximum atomic E-state index is 14.3. The van der Waals surface area contributed by atoms with Gasteiger partial charge >= 0.3 is 11.9 Å². The number of carbonyl (C=O) groups is 3. The number of amides is 1. The number of nitrogens with one attached hydrogen (secondary N) is 2. The van der Waals surface area contributed by atoms with Crippen LogP contribution in [-0.2, 0) is 28.6 Å². The van der Waals surface area contributed by atoms with Crippen molar-refractivity contribution < 1.29 is 43.9 Å². The van der Waals surface area contributed by atoms with E-state index in [9.17, 15) is 29.7 Å². The van der Waals surface area contributed by atoms with E-state index in [1.807, 2.05) is 35.6 Å². The Balaban J connectivity index is 1.23. The average Bonchev–Trinajstić information content (AvgIpc) is 3.56. The molecule has 0 aromatic heterocycles. The van der Waals surface area contributed by atoms with Gasteiger partial charge in [-0.2, -0.15) is 0 Å². The largest absolute Gasteiger partial charge is 0.462 e. The second-order valence-electron chi connectivity index (χ2n) is 18.5. The summed E-state index contributed by atoms with van der Waals surface area (Å²) < 4.78 is 20.6. The van der Waals surface area contributed by atoms with Gasteiger partial charge in [-0.1, -0.05) is 39.3 Å². The fraction of sp³-hybridized carbons (Fsp3) is 0.837. The van der Waals surface area contributed by atoms with E-state index in [1.54, 1.807) is 13.0 Å². The van der Waals surface area contributed by atoms with Gasteiger partial charge in [-0.3, -0.25) is 9.59 Å². The minimum absolute atomic E-state index is 0.0157. The number of piperidine rings is 1. The van der Waals surface area contributed by atoms with E-state index in [4.69, 9.17) is 19.9 Å².